The molecule has 1 saturated heterocycles. The fourth-order valence-corrected chi connectivity index (χ4v) is 2.89. The number of nitrogens with zero attached hydrogens (tertiary/aromatic N) is 4. The van der Waals surface area contributed by atoms with Crippen LogP contribution in [-0.4, -0.2) is 54.0 Å². The van der Waals surface area contributed by atoms with Crippen LogP contribution in [0.1, 0.15) is 19.4 Å². The maximum atomic E-state index is 13.5. The van der Waals surface area contributed by atoms with Crippen LogP contribution in [0.2, 0.25) is 0 Å². The Morgan fingerprint density at radius 3 is 2.77 bits per heavy atom. The van der Waals surface area contributed by atoms with Crippen LogP contribution in [0.3, 0.4) is 0 Å². The molecule has 0 aliphatic carbocycles. The van der Waals surface area contributed by atoms with Gasteiger partial charge < -0.3 is 15.1 Å². The van der Waals surface area contributed by atoms with Crippen molar-refractivity contribution in [1.82, 2.24) is 14.9 Å². The van der Waals surface area contributed by atoms with Crippen molar-refractivity contribution < 1.29 is 9.18 Å². The van der Waals surface area contributed by atoms with Crippen LogP contribution in [0.15, 0.2) is 36.7 Å². The molecule has 0 atom stereocenters. The van der Waals surface area contributed by atoms with E-state index in [0.717, 1.165) is 17.9 Å². The number of hydrogen-bond donors (Lipinski definition) is 1. The molecule has 1 N–H and O–H groups in total. The van der Waals surface area contributed by atoms with Crippen LogP contribution in [0.5, 0.6) is 0 Å². The molecule has 0 radical (unpaired) electrons. The summed E-state index contributed by atoms with van der Waals surface area (Å²) >= 11 is 0. The molecule has 2 heterocycles. The molecular weight excluding hydrogens is 333 g/mol. The van der Waals surface area contributed by atoms with Crippen molar-refractivity contribution >= 4 is 17.5 Å². The first-order valence-electron chi connectivity index (χ1n) is 8.66. The summed E-state index contributed by atoms with van der Waals surface area (Å²) in [6.07, 6.45) is 1.50. The molecule has 1 amide bonds. The lowest BCUT2D eigenvalue weighted by molar-refractivity contribution is -0.129. The molecule has 0 spiro atoms. The van der Waals surface area contributed by atoms with Gasteiger partial charge in [0.1, 0.15) is 23.8 Å². The number of nitrogens with one attached hydrogen (secondary N) is 1. The van der Waals surface area contributed by atoms with Gasteiger partial charge in [-0.2, -0.15) is 0 Å². The van der Waals surface area contributed by atoms with E-state index in [9.17, 15) is 9.18 Å². The highest BCUT2D eigenvalue weighted by Crippen LogP contribution is 2.25. The third kappa shape index (κ3) is 4.09. The molecule has 6 nitrogen and oxygen atoms in total. The molecule has 0 unspecified atom stereocenters. The fraction of sp³-hybridized carbons (Fsp3) is 0.421. The molecule has 1 aliphatic heterocycles. The molecule has 3 rings (SSSR count). The average Bonchev–Trinajstić information content (AvgIpc) is 2.63. The summed E-state index contributed by atoms with van der Waals surface area (Å²) in [7, 11) is 1.81. The first-order chi connectivity index (χ1) is 12.3. The molecule has 0 saturated carbocycles. The Bertz CT molecular complexity index is 795. The summed E-state index contributed by atoms with van der Waals surface area (Å²) < 4.78 is 13.5. The predicted molar refractivity (Wildman–Crippen MR) is 99.8 cm³/mol. The smallest absolute Gasteiger partial charge is 0.241 e. The summed E-state index contributed by atoms with van der Waals surface area (Å²) in [5.41, 5.74) is 0.653. The number of carbonyl (C=O) groups excluding carboxylic acids is 1. The summed E-state index contributed by atoms with van der Waals surface area (Å²) in [5, 5.41) is 3.31. The van der Waals surface area contributed by atoms with Crippen LogP contribution in [0, 0.1) is 5.82 Å². The van der Waals surface area contributed by atoms with E-state index < -0.39 is 0 Å². The highest BCUT2D eigenvalue weighted by atomic mass is 19.1. The van der Waals surface area contributed by atoms with Gasteiger partial charge >= 0.3 is 0 Å². The van der Waals surface area contributed by atoms with E-state index in [0.29, 0.717) is 25.5 Å². The standard InChI is InChI=1S/C19H24FN5O/c1-19(2,14-5-4-6-15(20)9-14)12-21-16-10-17(23-13-22-16)25-8-7-24(3)18(26)11-25/h4-6,9-10,13H,7-8,11-12H2,1-3H3,(H,21,22,23). The largest absolute Gasteiger partial charge is 0.369 e. The van der Waals surface area contributed by atoms with Gasteiger partial charge in [0.05, 0.1) is 6.54 Å². The Morgan fingerprint density at radius 2 is 2.04 bits per heavy atom. The Hall–Kier alpha value is -2.70. The highest BCUT2D eigenvalue weighted by Gasteiger charge is 2.23. The topological polar surface area (TPSA) is 61.4 Å². The lowest BCUT2D eigenvalue weighted by Crippen LogP contribution is -2.48. The van der Waals surface area contributed by atoms with Crippen molar-refractivity contribution in [3.63, 3.8) is 0 Å². The number of rotatable bonds is 5. The molecule has 2 aromatic rings. The lowest BCUT2D eigenvalue weighted by atomic mass is 9.84. The number of amides is 1. The molecule has 1 fully saturated rings. The van der Waals surface area contributed by atoms with Gasteiger partial charge in [0.25, 0.3) is 0 Å². The van der Waals surface area contributed by atoms with Gasteiger partial charge in [-0.05, 0) is 17.7 Å². The van der Waals surface area contributed by atoms with Crippen LogP contribution >= 0.6 is 0 Å². The third-order valence-corrected chi connectivity index (χ3v) is 4.75. The number of hydrogen-bond acceptors (Lipinski definition) is 5. The number of carbonyl (C=O) groups is 1. The van der Waals surface area contributed by atoms with Gasteiger partial charge in [-0.25, -0.2) is 14.4 Å². The monoisotopic (exact) mass is 357 g/mol. The molecule has 138 valence electrons. The zero-order chi connectivity index (χ0) is 18.7. The Kier molecular flexibility index (Phi) is 5.06. The number of piperazine rings is 1. The third-order valence-electron chi connectivity index (χ3n) is 4.75. The molecule has 26 heavy (non-hydrogen) atoms. The van der Waals surface area contributed by atoms with Gasteiger partial charge in [0, 0.05) is 38.2 Å². The van der Waals surface area contributed by atoms with Crippen LogP contribution in [0.25, 0.3) is 0 Å². The van der Waals surface area contributed by atoms with E-state index in [1.807, 2.05) is 17.0 Å². The quantitative estimate of drug-likeness (QED) is 0.890. The van der Waals surface area contributed by atoms with E-state index in [1.165, 1.54) is 12.4 Å². The first kappa shape index (κ1) is 18.1. The Balaban J connectivity index is 1.68. The number of halogens is 1. The van der Waals surface area contributed by atoms with E-state index in [4.69, 9.17) is 0 Å². The minimum absolute atomic E-state index is 0.0802. The van der Waals surface area contributed by atoms with Crippen LogP contribution < -0.4 is 10.2 Å². The minimum atomic E-state index is -0.267. The maximum Gasteiger partial charge on any atom is 0.241 e. The lowest BCUT2D eigenvalue weighted by Gasteiger charge is -2.32. The Labute approximate surface area is 153 Å². The van der Waals surface area contributed by atoms with Crippen LogP contribution in [-0.2, 0) is 10.2 Å². The van der Waals surface area contributed by atoms with Crippen molar-refractivity contribution in [2.45, 2.75) is 19.3 Å². The zero-order valence-corrected chi connectivity index (χ0v) is 15.4. The molecular formula is C19H24FN5O. The van der Waals surface area contributed by atoms with E-state index in [-0.39, 0.29) is 17.1 Å². The van der Waals surface area contributed by atoms with E-state index >= 15 is 0 Å². The second-order valence-corrected chi connectivity index (χ2v) is 7.25. The number of anilines is 2. The molecule has 1 aliphatic rings. The van der Waals surface area contributed by atoms with E-state index in [1.54, 1.807) is 24.1 Å². The van der Waals surface area contributed by atoms with E-state index in [2.05, 4.69) is 29.1 Å². The van der Waals surface area contributed by atoms with Crippen molar-refractivity contribution in [2.75, 3.05) is 43.4 Å². The first-order valence-corrected chi connectivity index (χ1v) is 8.66. The SMILES string of the molecule is CN1CCN(c2cc(NCC(C)(C)c3cccc(F)c3)ncn2)CC1=O. The highest BCUT2D eigenvalue weighted by molar-refractivity contribution is 5.82. The molecule has 7 heteroatoms. The number of aromatic nitrogens is 2. The second-order valence-electron chi connectivity index (χ2n) is 7.25. The molecule has 1 aromatic heterocycles. The van der Waals surface area contributed by atoms with Crippen LogP contribution in [0.4, 0.5) is 16.0 Å². The number of likely N-dealkylation sites (N-methyl/N-ethyl adjacent to an activating group) is 1. The van der Waals surface area contributed by atoms with Crippen molar-refractivity contribution in [3.8, 4) is 0 Å². The molecule has 1 aromatic carbocycles. The second kappa shape index (κ2) is 7.27. The van der Waals surface area contributed by atoms with Gasteiger partial charge in [-0.15, -0.1) is 0 Å². The summed E-state index contributed by atoms with van der Waals surface area (Å²) in [6, 6.07) is 8.50. The van der Waals surface area contributed by atoms with Gasteiger partial charge in [0.2, 0.25) is 5.91 Å². The van der Waals surface area contributed by atoms with Gasteiger partial charge in [-0.1, -0.05) is 26.0 Å². The molecule has 0 bridgehead atoms. The summed E-state index contributed by atoms with van der Waals surface area (Å²) in [5.74, 6) is 1.26. The average molecular weight is 357 g/mol. The summed E-state index contributed by atoms with van der Waals surface area (Å²) in [6.45, 7) is 6.44. The van der Waals surface area contributed by atoms with Crippen molar-refractivity contribution in [1.29, 1.82) is 0 Å². The fourth-order valence-electron chi connectivity index (χ4n) is 2.89. The maximum absolute atomic E-state index is 13.5. The van der Waals surface area contributed by atoms with Crippen molar-refractivity contribution in [2.24, 2.45) is 0 Å². The normalized spacial score (nSPS) is 15.3. The van der Waals surface area contributed by atoms with Crippen molar-refractivity contribution in [3.05, 3.63) is 48.0 Å². The Morgan fingerprint density at radius 1 is 1.23 bits per heavy atom. The number of benzene rings is 1. The summed E-state index contributed by atoms with van der Waals surface area (Å²) in [4.78, 5) is 24.1. The minimum Gasteiger partial charge on any atom is -0.369 e. The zero-order valence-electron chi connectivity index (χ0n) is 15.4. The predicted octanol–water partition coefficient (Wildman–Crippen LogP) is 2.28. The van der Waals surface area contributed by atoms with Gasteiger partial charge in [0.15, 0.2) is 0 Å². The van der Waals surface area contributed by atoms with Gasteiger partial charge in [-0.3, -0.25) is 4.79 Å².